The lowest BCUT2D eigenvalue weighted by Gasteiger charge is -2.08. The SMILES string of the molecule is Cc1ccc(-c2noc(-c3cccc(OCC(=O)Nc4ccc(F)cc4)c3)n2)cc1. The summed E-state index contributed by atoms with van der Waals surface area (Å²) in [5.41, 5.74) is 3.18. The van der Waals surface area contributed by atoms with Gasteiger partial charge in [0.2, 0.25) is 5.82 Å². The van der Waals surface area contributed by atoms with Crippen molar-refractivity contribution in [2.45, 2.75) is 6.92 Å². The molecule has 30 heavy (non-hydrogen) atoms. The Balaban J connectivity index is 1.41. The molecule has 1 N–H and O–H groups in total. The van der Waals surface area contributed by atoms with E-state index in [1.165, 1.54) is 24.3 Å². The summed E-state index contributed by atoms with van der Waals surface area (Å²) in [6.07, 6.45) is 0. The zero-order valence-corrected chi connectivity index (χ0v) is 16.1. The summed E-state index contributed by atoms with van der Waals surface area (Å²) in [7, 11) is 0. The average molecular weight is 403 g/mol. The van der Waals surface area contributed by atoms with Crippen molar-refractivity contribution in [1.82, 2.24) is 10.1 Å². The van der Waals surface area contributed by atoms with Crippen LogP contribution in [0.5, 0.6) is 5.75 Å². The molecule has 3 aromatic carbocycles. The van der Waals surface area contributed by atoms with Crippen molar-refractivity contribution in [1.29, 1.82) is 0 Å². The van der Waals surface area contributed by atoms with Crippen molar-refractivity contribution in [3.05, 3.63) is 84.2 Å². The molecule has 0 saturated heterocycles. The number of amides is 1. The van der Waals surface area contributed by atoms with Crippen LogP contribution in [0.3, 0.4) is 0 Å². The van der Waals surface area contributed by atoms with Gasteiger partial charge in [0.05, 0.1) is 0 Å². The molecule has 0 bridgehead atoms. The van der Waals surface area contributed by atoms with Gasteiger partial charge in [-0.25, -0.2) is 4.39 Å². The monoisotopic (exact) mass is 403 g/mol. The minimum absolute atomic E-state index is 0.195. The third-order valence-corrected chi connectivity index (χ3v) is 4.31. The number of ether oxygens (including phenoxy) is 1. The summed E-state index contributed by atoms with van der Waals surface area (Å²) in [4.78, 5) is 16.5. The topological polar surface area (TPSA) is 77.2 Å². The number of aryl methyl sites for hydroxylation is 1. The number of hydrogen-bond acceptors (Lipinski definition) is 5. The van der Waals surface area contributed by atoms with Crippen LogP contribution in [0, 0.1) is 12.7 Å². The number of carbonyl (C=O) groups is 1. The maximum Gasteiger partial charge on any atom is 0.262 e. The molecule has 0 saturated carbocycles. The van der Waals surface area contributed by atoms with Gasteiger partial charge in [-0.2, -0.15) is 4.98 Å². The maximum atomic E-state index is 12.9. The number of benzene rings is 3. The number of halogens is 1. The molecule has 0 aliphatic heterocycles. The van der Waals surface area contributed by atoms with Crippen LogP contribution >= 0.6 is 0 Å². The van der Waals surface area contributed by atoms with E-state index in [1.54, 1.807) is 18.2 Å². The van der Waals surface area contributed by atoms with Crippen molar-refractivity contribution in [3.8, 4) is 28.6 Å². The average Bonchev–Trinajstić information content (AvgIpc) is 3.25. The predicted octanol–water partition coefficient (Wildman–Crippen LogP) is 4.87. The molecule has 150 valence electrons. The molecule has 0 atom stereocenters. The molecule has 0 aliphatic rings. The van der Waals surface area contributed by atoms with E-state index < -0.39 is 0 Å². The normalized spacial score (nSPS) is 10.6. The maximum absolute atomic E-state index is 12.9. The van der Waals surface area contributed by atoms with Gasteiger partial charge in [-0.15, -0.1) is 0 Å². The first-order chi connectivity index (χ1) is 14.6. The van der Waals surface area contributed by atoms with Crippen molar-refractivity contribution >= 4 is 11.6 Å². The third-order valence-electron chi connectivity index (χ3n) is 4.31. The lowest BCUT2D eigenvalue weighted by Crippen LogP contribution is -2.20. The second kappa shape index (κ2) is 8.57. The van der Waals surface area contributed by atoms with Crippen LogP contribution < -0.4 is 10.1 Å². The first-order valence-corrected chi connectivity index (χ1v) is 9.26. The molecule has 0 aliphatic carbocycles. The number of anilines is 1. The summed E-state index contributed by atoms with van der Waals surface area (Å²) >= 11 is 0. The standard InChI is InChI=1S/C23H18FN3O3/c1-15-5-7-16(8-6-15)22-26-23(30-27-22)17-3-2-4-20(13-17)29-14-21(28)25-19-11-9-18(24)10-12-19/h2-13H,14H2,1H3,(H,25,28). The van der Waals surface area contributed by atoms with Gasteiger partial charge in [-0.05, 0) is 49.4 Å². The number of nitrogens with zero attached hydrogens (tertiary/aromatic N) is 2. The van der Waals surface area contributed by atoms with Crippen LogP contribution in [0.15, 0.2) is 77.3 Å². The number of hydrogen-bond donors (Lipinski definition) is 1. The van der Waals surface area contributed by atoms with Crippen molar-refractivity contribution in [2.24, 2.45) is 0 Å². The summed E-state index contributed by atoms with van der Waals surface area (Å²) < 4.78 is 23.9. The molecule has 7 heteroatoms. The zero-order chi connectivity index (χ0) is 20.9. The number of nitrogens with one attached hydrogen (secondary N) is 1. The first kappa shape index (κ1) is 19.3. The fourth-order valence-corrected chi connectivity index (χ4v) is 2.76. The second-order valence-electron chi connectivity index (χ2n) is 6.66. The van der Waals surface area contributed by atoms with E-state index in [9.17, 15) is 9.18 Å². The largest absolute Gasteiger partial charge is 0.484 e. The fraction of sp³-hybridized carbons (Fsp3) is 0.0870. The quantitative estimate of drug-likeness (QED) is 0.497. The summed E-state index contributed by atoms with van der Waals surface area (Å²) in [6, 6.07) is 20.4. The Morgan fingerprint density at radius 2 is 1.80 bits per heavy atom. The molecule has 4 rings (SSSR count). The molecule has 1 aromatic heterocycles. The Morgan fingerprint density at radius 3 is 2.57 bits per heavy atom. The van der Waals surface area contributed by atoms with E-state index in [0.717, 1.165) is 11.1 Å². The Bertz CT molecular complexity index is 1160. The van der Waals surface area contributed by atoms with Crippen LogP contribution in [0.1, 0.15) is 5.56 Å². The predicted molar refractivity (Wildman–Crippen MR) is 110 cm³/mol. The molecule has 0 fully saturated rings. The minimum Gasteiger partial charge on any atom is -0.484 e. The van der Waals surface area contributed by atoms with Crippen LogP contribution in [0.2, 0.25) is 0 Å². The Hall–Kier alpha value is -4.00. The van der Waals surface area contributed by atoms with E-state index >= 15 is 0 Å². The Morgan fingerprint density at radius 1 is 1.03 bits per heavy atom. The van der Waals surface area contributed by atoms with Crippen LogP contribution in [-0.2, 0) is 4.79 Å². The molecule has 6 nitrogen and oxygen atoms in total. The highest BCUT2D eigenvalue weighted by atomic mass is 19.1. The van der Waals surface area contributed by atoms with E-state index in [2.05, 4.69) is 15.5 Å². The fourth-order valence-electron chi connectivity index (χ4n) is 2.76. The van der Waals surface area contributed by atoms with Crippen LogP contribution in [0.25, 0.3) is 22.8 Å². The van der Waals surface area contributed by atoms with E-state index in [0.29, 0.717) is 28.7 Å². The molecule has 1 heterocycles. The number of rotatable bonds is 6. The zero-order valence-electron chi connectivity index (χ0n) is 16.1. The molecule has 0 spiro atoms. The highest BCUT2D eigenvalue weighted by Gasteiger charge is 2.12. The molecule has 0 radical (unpaired) electrons. The molecular formula is C23H18FN3O3. The summed E-state index contributed by atoms with van der Waals surface area (Å²) in [5.74, 6) is 0.609. The van der Waals surface area contributed by atoms with E-state index in [-0.39, 0.29) is 18.3 Å². The van der Waals surface area contributed by atoms with Crippen molar-refractivity contribution < 1.29 is 18.4 Å². The lowest BCUT2D eigenvalue weighted by molar-refractivity contribution is -0.118. The molecular weight excluding hydrogens is 385 g/mol. The minimum atomic E-state index is -0.368. The van der Waals surface area contributed by atoms with Gasteiger partial charge in [0.15, 0.2) is 6.61 Å². The summed E-state index contributed by atoms with van der Waals surface area (Å²) in [5, 5.41) is 6.67. The molecule has 1 amide bonds. The van der Waals surface area contributed by atoms with Crippen LogP contribution in [0.4, 0.5) is 10.1 Å². The molecule has 0 unspecified atom stereocenters. The van der Waals surface area contributed by atoms with Crippen molar-refractivity contribution in [3.63, 3.8) is 0 Å². The lowest BCUT2D eigenvalue weighted by atomic mass is 10.1. The van der Waals surface area contributed by atoms with E-state index in [1.807, 2.05) is 37.3 Å². The number of aromatic nitrogens is 2. The highest BCUT2D eigenvalue weighted by molar-refractivity contribution is 5.91. The Labute approximate surface area is 172 Å². The summed E-state index contributed by atoms with van der Waals surface area (Å²) in [6.45, 7) is 1.82. The van der Waals surface area contributed by atoms with Gasteiger partial charge in [0.25, 0.3) is 11.8 Å². The van der Waals surface area contributed by atoms with Gasteiger partial charge in [0.1, 0.15) is 11.6 Å². The first-order valence-electron chi connectivity index (χ1n) is 9.26. The Kier molecular flexibility index (Phi) is 5.52. The second-order valence-corrected chi connectivity index (χ2v) is 6.66. The van der Waals surface area contributed by atoms with Gasteiger partial charge < -0.3 is 14.6 Å². The van der Waals surface area contributed by atoms with Crippen molar-refractivity contribution in [2.75, 3.05) is 11.9 Å². The highest BCUT2D eigenvalue weighted by Crippen LogP contribution is 2.25. The van der Waals surface area contributed by atoms with Gasteiger partial charge in [-0.3, -0.25) is 4.79 Å². The van der Waals surface area contributed by atoms with Gasteiger partial charge in [0, 0.05) is 16.8 Å². The van der Waals surface area contributed by atoms with Crippen LogP contribution in [-0.4, -0.2) is 22.7 Å². The van der Waals surface area contributed by atoms with Gasteiger partial charge >= 0.3 is 0 Å². The smallest absolute Gasteiger partial charge is 0.262 e. The molecule has 4 aromatic rings. The van der Waals surface area contributed by atoms with Gasteiger partial charge in [-0.1, -0.05) is 41.1 Å². The number of carbonyl (C=O) groups excluding carboxylic acids is 1. The van der Waals surface area contributed by atoms with E-state index in [4.69, 9.17) is 9.26 Å². The third kappa shape index (κ3) is 4.70.